The summed E-state index contributed by atoms with van der Waals surface area (Å²) in [7, 11) is 0. The molecule has 148 valence electrons. The molecule has 0 N–H and O–H groups in total. The Morgan fingerprint density at radius 1 is 1.25 bits per heavy atom. The number of carbonyl (C=O) groups is 1. The predicted octanol–water partition coefficient (Wildman–Crippen LogP) is 5.66. The summed E-state index contributed by atoms with van der Waals surface area (Å²) < 4.78 is 12.5. The van der Waals surface area contributed by atoms with Gasteiger partial charge in [0.2, 0.25) is 5.82 Å². The lowest BCUT2D eigenvalue weighted by Crippen LogP contribution is -2.20. The first-order chi connectivity index (χ1) is 13.5. The van der Waals surface area contributed by atoms with Gasteiger partial charge in [0.25, 0.3) is 0 Å². The summed E-state index contributed by atoms with van der Waals surface area (Å²) in [4.78, 5) is 12.4. The van der Waals surface area contributed by atoms with Gasteiger partial charge in [0.05, 0.1) is 28.6 Å². The van der Waals surface area contributed by atoms with E-state index in [0.29, 0.717) is 45.5 Å². The summed E-state index contributed by atoms with van der Waals surface area (Å²) in [5.74, 6) is 0.788. The van der Waals surface area contributed by atoms with Gasteiger partial charge in [0.15, 0.2) is 10.9 Å². The Balaban J connectivity index is 2.05. The van der Waals surface area contributed by atoms with Gasteiger partial charge in [0, 0.05) is 0 Å². The second-order valence-electron chi connectivity index (χ2n) is 5.86. The molecule has 3 rings (SSSR count). The number of furan rings is 1. The Morgan fingerprint density at radius 3 is 2.71 bits per heavy atom. The first-order valence-electron chi connectivity index (χ1n) is 8.83. The van der Waals surface area contributed by atoms with Crippen LogP contribution in [0.2, 0.25) is 10.0 Å². The van der Waals surface area contributed by atoms with Crippen LogP contribution in [0.3, 0.4) is 0 Å². The molecule has 0 fully saturated rings. The van der Waals surface area contributed by atoms with Gasteiger partial charge in [-0.05, 0) is 43.7 Å². The van der Waals surface area contributed by atoms with Crippen LogP contribution in [0.25, 0.3) is 17.3 Å². The molecule has 0 saturated carbocycles. The van der Waals surface area contributed by atoms with E-state index >= 15 is 0 Å². The summed E-state index contributed by atoms with van der Waals surface area (Å²) in [6, 6.07) is 8.81. The lowest BCUT2D eigenvalue weighted by Gasteiger charge is -2.15. The summed E-state index contributed by atoms with van der Waals surface area (Å²) in [6.45, 7) is 4.14. The maximum absolute atomic E-state index is 12.4. The topological polar surface area (TPSA) is 70.2 Å². The van der Waals surface area contributed by atoms with E-state index in [1.807, 2.05) is 13.0 Å². The van der Waals surface area contributed by atoms with E-state index < -0.39 is 0 Å². The fourth-order valence-corrected chi connectivity index (χ4v) is 4.07. The molecule has 0 spiro atoms. The number of ether oxygens (including phenoxy) is 1. The molecule has 0 aliphatic heterocycles. The third kappa shape index (κ3) is 4.54. The average Bonchev–Trinajstić information content (AvgIpc) is 3.33. The lowest BCUT2D eigenvalue weighted by molar-refractivity contribution is -0.142. The fourth-order valence-electron chi connectivity index (χ4n) is 2.62. The molecule has 0 radical (unpaired) electrons. The zero-order valence-electron chi connectivity index (χ0n) is 15.4. The molecule has 2 aromatic heterocycles. The summed E-state index contributed by atoms with van der Waals surface area (Å²) in [6.07, 6.45) is 3.06. The number of aromatic nitrogens is 3. The highest BCUT2D eigenvalue weighted by atomic mass is 35.5. The third-order valence-corrected chi connectivity index (χ3v) is 5.81. The SMILES string of the molecule is CCCC(Sc1nnc(-c2ccco2)n1-c1ccc(Cl)c(Cl)c1)C(=O)OCC. The second-order valence-corrected chi connectivity index (χ2v) is 7.85. The highest BCUT2D eigenvalue weighted by Gasteiger charge is 2.26. The van der Waals surface area contributed by atoms with Gasteiger partial charge in [0.1, 0.15) is 5.25 Å². The van der Waals surface area contributed by atoms with E-state index in [4.69, 9.17) is 32.4 Å². The molecule has 9 heteroatoms. The van der Waals surface area contributed by atoms with E-state index in [-0.39, 0.29) is 11.2 Å². The number of halogens is 2. The van der Waals surface area contributed by atoms with Gasteiger partial charge in [-0.15, -0.1) is 10.2 Å². The van der Waals surface area contributed by atoms with E-state index in [1.54, 1.807) is 42.0 Å². The van der Waals surface area contributed by atoms with Crippen molar-refractivity contribution >= 4 is 40.9 Å². The largest absolute Gasteiger partial charge is 0.465 e. The van der Waals surface area contributed by atoms with Crippen molar-refractivity contribution in [1.29, 1.82) is 0 Å². The molecular weight excluding hydrogens is 421 g/mol. The molecule has 0 aliphatic carbocycles. The van der Waals surface area contributed by atoms with Crippen LogP contribution in [0.4, 0.5) is 0 Å². The highest BCUT2D eigenvalue weighted by molar-refractivity contribution is 8.00. The average molecular weight is 440 g/mol. The Hall–Kier alpha value is -1.96. The van der Waals surface area contributed by atoms with Gasteiger partial charge in [-0.3, -0.25) is 9.36 Å². The van der Waals surface area contributed by atoms with E-state index in [2.05, 4.69) is 10.2 Å². The smallest absolute Gasteiger partial charge is 0.319 e. The quantitative estimate of drug-likeness (QED) is 0.333. The number of hydrogen-bond acceptors (Lipinski definition) is 6. The van der Waals surface area contributed by atoms with Crippen LogP contribution >= 0.6 is 35.0 Å². The molecule has 0 saturated heterocycles. The Kier molecular flexibility index (Phi) is 7.04. The zero-order chi connectivity index (χ0) is 20.1. The predicted molar refractivity (Wildman–Crippen MR) is 110 cm³/mol. The molecule has 1 unspecified atom stereocenters. The molecule has 6 nitrogen and oxygen atoms in total. The van der Waals surface area contributed by atoms with Crippen molar-refractivity contribution in [2.45, 2.75) is 37.1 Å². The third-order valence-electron chi connectivity index (χ3n) is 3.88. The van der Waals surface area contributed by atoms with Crippen LogP contribution in [-0.4, -0.2) is 32.6 Å². The monoisotopic (exact) mass is 439 g/mol. The molecule has 1 atom stereocenters. The van der Waals surface area contributed by atoms with Crippen LogP contribution in [0.15, 0.2) is 46.2 Å². The van der Waals surface area contributed by atoms with Crippen LogP contribution in [0.1, 0.15) is 26.7 Å². The van der Waals surface area contributed by atoms with Crippen LogP contribution in [0.5, 0.6) is 0 Å². The van der Waals surface area contributed by atoms with E-state index in [9.17, 15) is 4.79 Å². The number of rotatable bonds is 8. The molecule has 0 aliphatic rings. The van der Waals surface area contributed by atoms with Crippen molar-refractivity contribution in [3.05, 3.63) is 46.6 Å². The number of esters is 1. The molecule has 3 aromatic rings. The first-order valence-corrected chi connectivity index (χ1v) is 10.5. The summed E-state index contributed by atoms with van der Waals surface area (Å²) in [5, 5.41) is 9.58. The van der Waals surface area contributed by atoms with Gasteiger partial charge >= 0.3 is 5.97 Å². The van der Waals surface area contributed by atoms with Gasteiger partial charge in [-0.2, -0.15) is 0 Å². The van der Waals surface area contributed by atoms with Crippen molar-refractivity contribution < 1.29 is 13.9 Å². The van der Waals surface area contributed by atoms with Crippen molar-refractivity contribution in [2.24, 2.45) is 0 Å². The van der Waals surface area contributed by atoms with Crippen LogP contribution in [-0.2, 0) is 9.53 Å². The van der Waals surface area contributed by atoms with Gasteiger partial charge < -0.3 is 9.15 Å². The van der Waals surface area contributed by atoms with Crippen molar-refractivity contribution in [2.75, 3.05) is 6.61 Å². The molecular formula is C19H19Cl2N3O3S. The maximum Gasteiger partial charge on any atom is 0.319 e. The molecule has 28 heavy (non-hydrogen) atoms. The summed E-state index contributed by atoms with van der Waals surface area (Å²) in [5.41, 5.74) is 0.715. The van der Waals surface area contributed by atoms with Gasteiger partial charge in [-0.1, -0.05) is 48.3 Å². The number of benzene rings is 1. The van der Waals surface area contributed by atoms with Crippen molar-refractivity contribution in [3.63, 3.8) is 0 Å². The Morgan fingerprint density at radius 2 is 2.07 bits per heavy atom. The van der Waals surface area contributed by atoms with Crippen LogP contribution in [0, 0.1) is 0 Å². The minimum atomic E-state index is -0.389. The molecule has 1 aromatic carbocycles. The number of carbonyl (C=O) groups excluding carboxylic acids is 1. The fraction of sp³-hybridized carbons (Fsp3) is 0.316. The molecule has 0 amide bonds. The van der Waals surface area contributed by atoms with Crippen molar-refractivity contribution in [1.82, 2.24) is 14.8 Å². The van der Waals surface area contributed by atoms with E-state index in [1.165, 1.54) is 11.8 Å². The highest BCUT2D eigenvalue weighted by Crippen LogP contribution is 2.34. The standard InChI is InChI=1S/C19H19Cl2N3O3S/c1-3-6-16(18(25)26-4-2)28-19-23-22-17(15-7-5-10-27-15)24(19)12-8-9-13(20)14(21)11-12/h5,7-11,16H,3-4,6H2,1-2H3. The Labute approximate surface area is 177 Å². The van der Waals surface area contributed by atoms with Crippen molar-refractivity contribution in [3.8, 4) is 17.3 Å². The Bertz CT molecular complexity index is 944. The number of thioether (sulfide) groups is 1. The van der Waals surface area contributed by atoms with Gasteiger partial charge in [-0.25, -0.2) is 0 Å². The number of hydrogen-bond donors (Lipinski definition) is 0. The zero-order valence-corrected chi connectivity index (χ0v) is 17.7. The van der Waals surface area contributed by atoms with Crippen LogP contribution < -0.4 is 0 Å². The first kappa shape index (κ1) is 20.8. The second kappa shape index (κ2) is 9.49. The number of nitrogens with zero attached hydrogens (tertiary/aromatic N) is 3. The molecule has 0 bridgehead atoms. The minimum Gasteiger partial charge on any atom is -0.465 e. The van der Waals surface area contributed by atoms with E-state index in [0.717, 1.165) is 6.42 Å². The maximum atomic E-state index is 12.4. The lowest BCUT2D eigenvalue weighted by atomic mass is 10.2. The summed E-state index contributed by atoms with van der Waals surface area (Å²) >= 11 is 13.6. The normalized spacial score (nSPS) is 12.1. The molecule has 2 heterocycles. The minimum absolute atomic E-state index is 0.266.